The van der Waals surface area contributed by atoms with Gasteiger partial charge in [0.15, 0.2) is 4.67 Å². The van der Waals surface area contributed by atoms with E-state index >= 15 is 0 Å². The molecule has 2 aromatic rings. The van der Waals surface area contributed by atoms with Gasteiger partial charge in [-0.1, -0.05) is 0 Å². The molecule has 0 unspecified atom stereocenters. The Bertz CT molecular complexity index is 598. The summed E-state index contributed by atoms with van der Waals surface area (Å²) in [5.41, 5.74) is 0.615. The molecule has 2 aromatic heterocycles. The maximum Gasteiger partial charge on any atom is 0.290 e. The van der Waals surface area contributed by atoms with Crippen LogP contribution in [-0.2, 0) is 6.42 Å². The Labute approximate surface area is 118 Å². The second kappa shape index (κ2) is 5.83. The van der Waals surface area contributed by atoms with Gasteiger partial charge in [-0.05, 0) is 41.1 Å². The number of nitrogens with zero attached hydrogens (tertiary/aromatic N) is 2. The number of anilines is 1. The van der Waals surface area contributed by atoms with Gasteiger partial charge in [0.05, 0.1) is 4.92 Å². The van der Waals surface area contributed by atoms with Crippen LogP contribution in [0.25, 0.3) is 0 Å². The molecule has 0 aliphatic rings. The number of aryl methyl sites for hydroxylation is 1. The van der Waals surface area contributed by atoms with Crippen LogP contribution in [0.4, 0.5) is 11.5 Å². The first kappa shape index (κ1) is 13.5. The molecule has 2 rings (SSSR count). The van der Waals surface area contributed by atoms with Gasteiger partial charge in [-0.25, -0.2) is 4.98 Å². The summed E-state index contributed by atoms with van der Waals surface area (Å²) in [5, 5.41) is 13.8. The standard InChI is InChI=1S/C12H12BrN3O3/c1-8-6-12(15-7-10(8)16(17)18)14-5-4-9-2-3-11(13)19-9/h2-3,6-7H,4-5H2,1H3,(H,14,15). The Kier molecular flexibility index (Phi) is 4.16. The largest absolute Gasteiger partial charge is 0.454 e. The number of hydrogen-bond donors (Lipinski definition) is 1. The molecule has 7 heteroatoms. The van der Waals surface area contributed by atoms with Crippen LogP contribution in [0.3, 0.4) is 0 Å². The van der Waals surface area contributed by atoms with E-state index in [2.05, 4.69) is 26.2 Å². The van der Waals surface area contributed by atoms with Gasteiger partial charge in [0.25, 0.3) is 5.69 Å². The van der Waals surface area contributed by atoms with Gasteiger partial charge in [-0.15, -0.1) is 0 Å². The summed E-state index contributed by atoms with van der Waals surface area (Å²) in [6.07, 6.45) is 1.98. The Morgan fingerprint density at radius 1 is 1.53 bits per heavy atom. The highest BCUT2D eigenvalue weighted by molar-refractivity contribution is 9.10. The van der Waals surface area contributed by atoms with Crippen molar-refractivity contribution in [3.63, 3.8) is 0 Å². The van der Waals surface area contributed by atoms with Gasteiger partial charge in [-0.2, -0.15) is 0 Å². The molecule has 19 heavy (non-hydrogen) atoms. The van der Waals surface area contributed by atoms with Crippen molar-refractivity contribution in [1.29, 1.82) is 0 Å². The predicted octanol–water partition coefficient (Wildman–Crippen LogP) is 3.31. The van der Waals surface area contributed by atoms with Crippen molar-refractivity contribution in [1.82, 2.24) is 4.98 Å². The minimum absolute atomic E-state index is 0.0283. The molecule has 0 aromatic carbocycles. The first-order valence-electron chi connectivity index (χ1n) is 5.65. The molecule has 0 aliphatic carbocycles. The lowest BCUT2D eigenvalue weighted by molar-refractivity contribution is -0.385. The quantitative estimate of drug-likeness (QED) is 0.673. The highest BCUT2D eigenvalue weighted by Crippen LogP contribution is 2.19. The molecule has 1 N–H and O–H groups in total. The summed E-state index contributed by atoms with van der Waals surface area (Å²) < 4.78 is 6.06. The van der Waals surface area contributed by atoms with E-state index in [0.29, 0.717) is 29.0 Å². The number of hydrogen-bond acceptors (Lipinski definition) is 5. The fourth-order valence-electron chi connectivity index (χ4n) is 1.64. The summed E-state index contributed by atoms with van der Waals surface area (Å²) in [6.45, 7) is 2.33. The fourth-order valence-corrected chi connectivity index (χ4v) is 1.98. The molecule has 0 atom stereocenters. The number of furan rings is 1. The van der Waals surface area contributed by atoms with Gasteiger partial charge < -0.3 is 9.73 Å². The summed E-state index contributed by atoms with van der Waals surface area (Å²) in [5.74, 6) is 1.48. The van der Waals surface area contributed by atoms with Crippen LogP contribution in [-0.4, -0.2) is 16.5 Å². The minimum atomic E-state index is -0.438. The molecule has 6 nitrogen and oxygen atoms in total. The number of pyridine rings is 1. The van der Waals surface area contributed by atoms with E-state index < -0.39 is 4.92 Å². The topological polar surface area (TPSA) is 81.2 Å². The zero-order valence-corrected chi connectivity index (χ0v) is 11.8. The Morgan fingerprint density at radius 2 is 2.32 bits per heavy atom. The summed E-state index contributed by atoms with van der Waals surface area (Å²) in [6, 6.07) is 5.39. The van der Waals surface area contributed by atoms with Crippen LogP contribution in [0, 0.1) is 17.0 Å². The average Bonchev–Trinajstić information content (AvgIpc) is 2.75. The number of halogens is 1. The van der Waals surface area contributed by atoms with Crippen LogP contribution in [0.1, 0.15) is 11.3 Å². The Morgan fingerprint density at radius 3 is 2.89 bits per heavy atom. The smallest absolute Gasteiger partial charge is 0.290 e. The molecular formula is C12H12BrN3O3. The lowest BCUT2D eigenvalue weighted by Crippen LogP contribution is -2.06. The van der Waals surface area contributed by atoms with E-state index in [9.17, 15) is 10.1 Å². The van der Waals surface area contributed by atoms with Crippen LogP contribution in [0.5, 0.6) is 0 Å². The van der Waals surface area contributed by atoms with E-state index in [4.69, 9.17) is 4.42 Å². The number of aromatic nitrogens is 1. The highest BCUT2D eigenvalue weighted by atomic mass is 79.9. The molecule has 0 aliphatic heterocycles. The molecule has 0 saturated heterocycles. The van der Waals surface area contributed by atoms with Crippen LogP contribution in [0.15, 0.2) is 33.5 Å². The lowest BCUT2D eigenvalue weighted by atomic mass is 10.2. The molecule has 0 bridgehead atoms. The first-order valence-corrected chi connectivity index (χ1v) is 6.44. The molecule has 0 fully saturated rings. The monoisotopic (exact) mass is 325 g/mol. The third-order valence-electron chi connectivity index (χ3n) is 2.59. The Balaban J connectivity index is 1.93. The minimum Gasteiger partial charge on any atom is -0.454 e. The number of rotatable bonds is 5. The van der Waals surface area contributed by atoms with Crippen LogP contribution >= 0.6 is 15.9 Å². The van der Waals surface area contributed by atoms with Crippen molar-refractivity contribution >= 4 is 27.4 Å². The fraction of sp³-hybridized carbons (Fsp3) is 0.250. The third-order valence-corrected chi connectivity index (χ3v) is 3.01. The highest BCUT2D eigenvalue weighted by Gasteiger charge is 2.11. The van der Waals surface area contributed by atoms with Gasteiger partial charge in [0, 0.05) is 18.5 Å². The van der Waals surface area contributed by atoms with E-state index in [1.807, 2.05) is 12.1 Å². The maximum atomic E-state index is 10.7. The van der Waals surface area contributed by atoms with E-state index in [0.717, 1.165) is 5.76 Å². The molecule has 0 radical (unpaired) electrons. The SMILES string of the molecule is Cc1cc(NCCc2ccc(Br)o2)ncc1[N+](=O)[O-]. The average molecular weight is 326 g/mol. The van der Waals surface area contributed by atoms with Crippen molar-refractivity contribution < 1.29 is 9.34 Å². The van der Waals surface area contributed by atoms with Crippen molar-refractivity contribution in [3.05, 3.63) is 50.5 Å². The summed E-state index contributed by atoms with van der Waals surface area (Å²) in [4.78, 5) is 14.2. The van der Waals surface area contributed by atoms with Gasteiger partial charge >= 0.3 is 0 Å². The van der Waals surface area contributed by atoms with Gasteiger partial charge in [0.2, 0.25) is 0 Å². The van der Waals surface area contributed by atoms with Gasteiger partial charge in [-0.3, -0.25) is 10.1 Å². The van der Waals surface area contributed by atoms with E-state index in [-0.39, 0.29) is 5.69 Å². The molecule has 100 valence electrons. The second-order valence-electron chi connectivity index (χ2n) is 4.00. The van der Waals surface area contributed by atoms with Crippen molar-refractivity contribution in [2.24, 2.45) is 0 Å². The maximum absolute atomic E-state index is 10.7. The lowest BCUT2D eigenvalue weighted by Gasteiger charge is -2.05. The molecule has 2 heterocycles. The number of nitrogens with one attached hydrogen (secondary N) is 1. The second-order valence-corrected chi connectivity index (χ2v) is 4.78. The molecular weight excluding hydrogens is 314 g/mol. The predicted molar refractivity (Wildman–Crippen MR) is 74.2 cm³/mol. The summed E-state index contributed by atoms with van der Waals surface area (Å²) >= 11 is 3.24. The van der Waals surface area contributed by atoms with E-state index in [1.165, 1.54) is 6.20 Å². The van der Waals surface area contributed by atoms with Crippen molar-refractivity contribution in [3.8, 4) is 0 Å². The number of nitro groups is 1. The zero-order valence-electron chi connectivity index (χ0n) is 10.2. The summed E-state index contributed by atoms with van der Waals surface area (Å²) in [7, 11) is 0. The Hall–Kier alpha value is -1.89. The normalized spacial score (nSPS) is 10.4. The van der Waals surface area contributed by atoms with Crippen LogP contribution < -0.4 is 5.32 Å². The third kappa shape index (κ3) is 3.54. The molecule has 0 saturated carbocycles. The van der Waals surface area contributed by atoms with E-state index in [1.54, 1.807) is 13.0 Å². The van der Waals surface area contributed by atoms with Crippen molar-refractivity contribution in [2.45, 2.75) is 13.3 Å². The zero-order chi connectivity index (χ0) is 13.8. The van der Waals surface area contributed by atoms with Gasteiger partial charge in [0.1, 0.15) is 17.8 Å². The first-order chi connectivity index (χ1) is 9.06. The van der Waals surface area contributed by atoms with Crippen LogP contribution in [0.2, 0.25) is 0 Å². The molecule has 0 amide bonds. The van der Waals surface area contributed by atoms with Crippen molar-refractivity contribution in [2.75, 3.05) is 11.9 Å². The molecule has 0 spiro atoms.